The predicted molar refractivity (Wildman–Crippen MR) is 115 cm³/mol. The molecule has 0 atom stereocenters. The second-order valence-electron chi connectivity index (χ2n) is 5.93. The van der Waals surface area contributed by atoms with Gasteiger partial charge in [0.05, 0.1) is 42.5 Å². The molecule has 12 heteroatoms. The summed E-state index contributed by atoms with van der Waals surface area (Å²) in [7, 11) is 2.46. The average molecular weight is 506 g/mol. The van der Waals surface area contributed by atoms with Crippen LogP contribution in [0.25, 0.3) is 5.69 Å². The van der Waals surface area contributed by atoms with E-state index in [1.165, 1.54) is 37.1 Å². The molecule has 1 aromatic heterocycles. The van der Waals surface area contributed by atoms with Crippen LogP contribution in [-0.2, 0) is 14.3 Å². The lowest BCUT2D eigenvalue weighted by atomic mass is 10.1. The molecule has 3 rings (SSSR count). The molecule has 2 aromatic carbocycles. The van der Waals surface area contributed by atoms with E-state index in [2.05, 4.69) is 41.5 Å². The van der Waals surface area contributed by atoms with Crippen LogP contribution in [0, 0.1) is 0 Å². The Morgan fingerprint density at radius 2 is 1.77 bits per heavy atom. The van der Waals surface area contributed by atoms with Crippen LogP contribution >= 0.6 is 27.7 Å². The first-order chi connectivity index (χ1) is 14.9. The second-order valence-corrected chi connectivity index (χ2v) is 7.79. The Morgan fingerprint density at radius 3 is 2.45 bits per heavy atom. The van der Waals surface area contributed by atoms with Crippen molar-refractivity contribution in [3.05, 3.63) is 58.1 Å². The minimum absolute atomic E-state index is 0.0417. The quantitative estimate of drug-likeness (QED) is 0.380. The number of tetrazole rings is 1. The van der Waals surface area contributed by atoms with Crippen molar-refractivity contribution < 1.29 is 23.9 Å². The third-order valence-electron chi connectivity index (χ3n) is 3.96. The molecule has 1 N–H and O–H groups in total. The molecule has 10 nitrogen and oxygen atoms in total. The molecule has 0 saturated heterocycles. The number of rotatable bonds is 7. The molecule has 1 amide bonds. The van der Waals surface area contributed by atoms with Crippen LogP contribution in [0.2, 0.25) is 0 Å². The Labute approximate surface area is 189 Å². The normalized spacial score (nSPS) is 10.4. The number of methoxy groups -OCH3 is 2. The molecule has 0 aliphatic rings. The molecule has 0 aliphatic heterocycles. The van der Waals surface area contributed by atoms with Crippen molar-refractivity contribution in [1.82, 2.24) is 20.2 Å². The SMILES string of the molecule is COC(=O)c1ccc(C(=O)OC)c(NC(=O)CSc2nnnn2-c2ccc(Br)cc2)c1. The maximum atomic E-state index is 12.5. The lowest BCUT2D eigenvalue weighted by Crippen LogP contribution is -2.18. The van der Waals surface area contributed by atoms with Gasteiger partial charge < -0.3 is 14.8 Å². The lowest BCUT2D eigenvalue weighted by molar-refractivity contribution is -0.113. The van der Waals surface area contributed by atoms with Crippen molar-refractivity contribution in [2.24, 2.45) is 0 Å². The van der Waals surface area contributed by atoms with E-state index >= 15 is 0 Å². The van der Waals surface area contributed by atoms with Gasteiger partial charge in [-0.1, -0.05) is 27.7 Å². The van der Waals surface area contributed by atoms with E-state index in [1.54, 1.807) is 0 Å². The first-order valence-corrected chi connectivity index (χ1v) is 10.5. The molecular weight excluding hydrogens is 490 g/mol. The van der Waals surface area contributed by atoms with Gasteiger partial charge in [0, 0.05) is 4.47 Å². The number of nitrogens with zero attached hydrogens (tertiary/aromatic N) is 4. The minimum Gasteiger partial charge on any atom is -0.465 e. The maximum Gasteiger partial charge on any atom is 0.339 e. The fourth-order valence-corrected chi connectivity index (χ4v) is 3.47. The number of hydrogen-bond donors (Lipinski definition) is 1. The molecule has 0 aliphatic carbocycles. The highest BCUT2D eigenvalue weighted by molar-refractivity contribution is 9.10. The smallest absolute Gasteiger partial charge is 0.339 e. The summed E-state index contributed by atoms with van der Waals surface area (Å²) in [4.78, 5) is 36.3. The van der Waals surface area contributed by atoms with Crippen molar-refractivity contribution in [3.63, 3.8) is 0 Å². The van der Waals surface area contributed by atoms with Gasteiger partial charge in [-0.2, -0.15) is 4.68 Å². The summed E-state index contributed by atoms with van der Waals surface area (Å²) < 4.78 is 11.8. The number of thioether (sulfide) groups is 1. The van der Waals surface area contributed by atoms with Gasteiger partial charge in [0.15, 0.2) is 0 Å². The van der Waals surface area contributed by atoms with E-state index in [-0.39, 0.29) is 22.6 Å². The van der Waals surface area contributed by atoms with Crippen LogP contribution in [0.4, 0.5) is 5.69 Å². The van der Waals surface area contributed by atoms with Gasteiger partial charge >= 0.3 is 11.9 Å². The summed E-state index contributed by atoms with van der Waals surface area (Å²) in [5, 5.41) is 14.6. The van der Waals surface area contributed by atoms with E-state index < -0.39 is 17.8 Å². The molecule has 31 heavy (non-hydrogen) atoms. The molecule has 0 saturated carbocycles. The predicted octanol–water partition coefficient (Wildman–Crippen LogP) is 2.73. The molecular formula is C19H16BrN5O5S. The molecule has 0 spiro atoms. The van der Waals surface area contributed by atoms with Crippen LogP contribution in [0.1, 0.15) is 20.7 Å². The minimum atomic E-state index is -0.654. The number of amides is 1. The highest BCUT2D eigenvalue weighted by Gasteiger charge is 2.18. The van der Waals surface area contributed by atoms with E-state index in [0.29, 0.717) is 5.16 Å². The Bertz CT molecular complexity index is 1120. The van der Waals surface area contributed by atoms with Crippen molar-refractivity contribution >= 4 is 51.2 Å². The fourth-order valence-electron chi connectivity index (χ4n) is 2.51. The zero-order valence-corrected chi connectivity index (χ0v) is 18.8. The Kier molecular flexibility index (Phi) is 7.36. The summed E-state index contributed by atoms with van der Waals surface area (Å²) >= 11 is 4.48. The summed E-state index contributed by atoms with van der Waals surface area (Å²) in [5.41, 5.74) is 1.15. The topological polar surface area (TPSA) is 125 Å². The van der Waals surface area contributed by atoms with Crippen LogP contribution in [0.3, 0.4) is 0 Å². The van der Waals surface area contributed by atoms with Gasteiger partial charge in [-0.3, -0.25) is 4.79 Å². The first kappa shape index (κ1) is 22.4. The number of anilines is 1. The van der Waals surface area contributed by atoms with E-state index in [9.17, 15) is 14.4 Å². The average Bonchev–Trinajstić information content (AvgIpc) is 3.25. The molecule has 0 bridgehead atoms. The molecule has 160 valence electrons. The van der Waals surface area contributed by atoms with E-state index in [4.69, 9.17) is 4.74 Å². The van der Waals surface area contributed by atoms with Crippen molar-refractivity contribution in [3.8, 4) is 5.69 Å². The lowest BCUT2D eigenvalue weighted by Gasteiger charge is -2.11. The Hall–Kier alpha value is -3.25. The molecule has 3 aromatic rings. The molecule has 0 unspecified atom stereocenters. The summed E-state index contributed by atoms with van der Waals surface area (Å²) in [5.74, 6) is -1.73. The molecule has 1 heterocycles. The van der Waals surface area contributed by atoms with Crippen LogP contribution in [-0.4, -0.2) is 58.0 Å². The van der Waals surface area contributed by atoms with Crippen molar-refractivity contribution in [2.75, 3.05) is 25.3 Å². The van der Waals surface area contributed by atoms with Crippen LogP contribution < -0.4 is 5.32 Å². The second kappa shape index (κ2) is 10.2. The van der Waals surface area contributed by atoms with Crippen molar-refractivity contribution in [1.29, 1.82) is 0 Å². The Balaban J connectivity index is 1.74. The maximum absolute atomic E-state index is 12.5. The summed E-state index contributed by atoms with van der Waals surface area (Å²) in [6, 6.07) is 11.5. The third-order valence-corrected chi connectivity index (χ3v) is 5.41. The number of carbonyl (C=O) groups is 3. The number of ether oxygens (including phenoxy) is 2. The zero-order valence-electron chi connectivity index (χ0n) is 16.4. The number of nitrogens with one attached hydrogen (secondary N) is 1. The van der Waals surface area contributed by atoms with E-state index in [0.717, 1.165) is 21.9 Å². The number of aromatic nitrogens is 4. The standard InChI is InChI=1S/C19H16BrN5O5S/c1-29-17(27)11-3-8-14(18(28)30-2)15(9-11)21-16(26)10-31-19-22-23-24-25(19)13-6-4-12(20)5-7-13/h3-9H,10H2,1-2H3,(H,21,26). The van der Waals surface area contributed by atoms with Gasteiger partial charge in [-0.25, -0.2) is 9.59 Å². The Morgan fingerprint density at radius 1 is 1.06 bits per heavy atom. The highest BCUT2D eigenvalue weighted by Crippen LogP contribution is 2.22. The van der Waals surface area contributed by atoms with Crippen molar-refractivity contribution in [2.45, 2.75) is 5.16 Å². The van der Waals surface area contributed by atoms with Gasteiger partial charge in [0.25, 0.3) is 0 Å². The fraction of sp³-hybridized carbons (Fsp3) is 0.158. The third kappa shape index (κ3) is 5.47. The zero-order chi connectivity index (χ0) is 22.4. The number of carbonyl (C=O) groups excluding carboxylic acids is 3. The van der Waals surface area contributed by atoms with Gasteiger partial charge in [0.1, 0.15) is 0 Å². The summed E-state index contributed by atoms with van der Waals surface area (Å²) in [6.45, 7) is 0. The largest absolute Gasteiger partial charge is 0.465 e. The molecule has 0 fully saturated rings. The number of halogens is 1. The first-order valence-electron chi connectivity index (χ1n) is 8.70. The monoisotopic (exact) mass is 505 g/mol. The van der Waals surface area contributed by atoms with Gasteiger partial charge in [0.2, 0.25) is 11.1 Å². The number of benzene rings is 2. The summed E-state index contributed by atoms with van der Waals surface area (Å²) in [6.07, 6.45) is 0. The van der Waals surface area contributed by atoms with Crippen LogP contribution in [0.5, 0.6) is 0 Å². The number of hydrogen-bond acceptors (Lipinski definition) is 9. The van der Waals surface area contributed by atoms with Gasteiger partial charge in [-0.05, 0) is 52.9 Å². The van der Waals surface area contributed by atoms with Crippen LogP contribution in [0.15, 0.2) is 52.1 Å². The van der Waals surface area contributed by atoms with Gasteiger partial charge in [-0.15, -0.1) is 5.10 Å². The highest BCUT2D eigenvalue weighted by atomic mass is 79.9. The molecule has 0 radical (unpaired) electrons. The van der Waals surface area contributed by atoms with E-state index in [1.807, 2.05) is 24.3 Å². The number of esters is 2.